The lowest BCUT2D eigenvalue weighted by molar-refractivity contribution is 0.104. The highest BCUT2D eigenvalue weighted by molar-refractivity contribution is 6.37. The smallest absolute Gasteiger partial charge is 0.188 e. The van der Waals surface area contributed by atoms with Gasteiger partial charge in [0.1, 0.15) is 5.75 Å². The van der Waals surface area contributed by atoms with Gasteiger partial charge in [-0.05, 0) is 49.4 Å². The van der Waals surface area contributed by atoms with Gasteiger partial charge >= 0.3 is 0 Å². The van der Waals surface area contributed by atoms with Gasteiger partial charge in [-0.2, -0.15) is 0 Å². The van der Waals surface area contributed by atoms with E-state index in [1.165, 1.54) is 6.08 Å². The Morgan fingerprint density at radius 2 is 1.91 bits per heavy atom. The highest BCUT2D eigenvalue weighted by Gasteiger charge is 2.07. The van der Waals surface area contributed by atoms with Gasteiger partial charge in [0.2, 0.25) is 0 Å². The predicted molar refractivity (Wildman–Crippen MR) is 91.2 cm³/mol. The number of benzene rings is 2. The number of ether oxygens (including phenoxy) is 1. The van der Waals surface area contributed by atoms with Gasteiger partial charge < -0.3 is 10.1 Å². The Balaban J connectivity index is 1.98. The number of hydrogen-bond donors (Lipinski definition) is 1. The molecule has 0 unspecified atom stereocenters. The van der Waals surface area contributed by atoms with E-state index < -0.39 is 0 Å². The molecule has 0 spiro atoms. The number of allylic oxidation sites excluding steroid dienone is 1. The third-order valence-corrected chi connectivity index (χ3v) is 3.39. The van der Waals surface area contributed by atoms with Crippen molar-refractivity contribution in [1.82, 2.24) is 0 Å². The molecule has 3 nitrogen and oxygen atoms in total. The van der Waals surface area contributed by atoms with Crippen molar-refractivity contribution in [2.24, 2.45) is 0 Å². The second-order valence-electron chi connectivity index (χ2n) is 4.42. The van der Waals surface area contributed by atoms with Crippen LogP contribution in [0, 0.1) is 0 Å². The molecule has 0 saturated heterocycles. The molecular formula is C17H15Cl2NO2. The molecule has 0 aromatic heterocycles. The van der Waals surface area contributed by atoms with Crippen LogP contribution in [0.3, 0.4) is 0 Å². The maximum absolute atomic E-state index is 12.0. The predicted octanol–water partition coefficient (Wildman–Crippen LogP) is 5.20. The van der Waals surface area contributed by atoms with E-state index in [2.05, 4.69) is 5.32 Å². The van der Waals surface area contributed by atoms with Crippen LogP contribution in [0.25, 0.3) is 0 Å². The number of halogens is 2. The number of ketones is 1. The van der Waals surface area contributed by atoms with Crippen molar-refractivity contribution < 1.29 is 9.53 Å². The standard InChI is InChI=1S/C17H15Cl2NO2/c1-2-22-14-6-4-13(5-7-14)20-10-9-17(21)15-8-3-12(18)11-16(15)19/h3-11,20H,2H2,1H3. The zero-order valence-electron chi connectivity index (χ0n) is 12.0. The third kappa shape index (κ3) is 4.52. The van der Waals surface area contributed by atoms with Crippen LogP contribution in [0.2, 0.25) is 10.0 Å². The second-order valence-corrected chi connectivity index (χ2v) is 5.27. The zero-order valence-corrected chi connectivity index (χ0v) is 13.5. The van der Waals surface area contributed by atoms with Gasteiger partial charge in [-0.25, -0.2) is 0 Å². The molecule has 0 aliphatic carbocycles. The Morgan fingerprint density at radius 3 is 2.55 bits per heavy atom. The van der Waals surface area contributed by atoms with Gasteiger partial charge in [0.05, 0.1) is 11.6 Å². The number of anilines is 1. The highest BCUT2D eigenvalue weighted by Crippen LogP contribution is 2.21. The number of carbonyl (C=O) groups excluding carboxylic acids is 1. The van der Waals surface area contributed by atoms with Crippen LogP contribution in [0.15, 0.2) is 54.7 Å². The molecule has 22 heavy (non-hydrogen) atoms. The van der Waals surface area contributed by atoms with Crippen LogP contribution in [-0.4, -0.2) is 12.4 Å². The van der Waals surface area contributed by atoms with E-state index in [-0.39, 0.29) is 5.78 Å². The molecule has 2 aromatic carbocycles. The van der Waals surface area contributed by atoms with Crippen LogP contribution in [0.1, 0.15) is 17.3 Å². The van der Waals surface area contributed by atoms with E-state index in [1.807, 2.05) is 31.2 Å². The van der Waals surface area contributed by atoms with Crippen molar-refractivity contribution in [2.45, 2.75) is 6.92 Å². The molecule has 0 bridgehead atoms. The Kier molecular flexibility index (Phi) is 5.87. The first-order chi connectivity index (χ1) is 10.6. The van der Waals surface area contributed by atoms with Gasteiger partial charge in [0.15, 0.2) is 5.78 Å². The lowest BCUT2D eigenvalue weighted by Crippen LogP contribution is -1.97. The molecule has 0 heterocycles. The molecule has 0 radical (unpaired) electrons. The first-order valence-electron chi connectivity index (χ1n) is 6.75. The summed E-state index contributed by atoms with van der Waals surface area (Å²) in [7, 11) is 0. The molecular weight excluding hydrogens is 321 g/mol. The third-order valence-electron chi connectivity index (χ3n) is 2.85. The fourth-order valence-corrected chi connectivity index (χ4v) is 2.31. The highest BCUT2D eigenvalue weighted by atomic mass is 35.5. The Hall–Kier alpha value is -1.97. The maximum atomic E-state index is 12.0. The molecule has 1 N–H and O–H groups in total. The summed E-state index contributed by atoms with van der Waals surface area (Å²) in [5, 5.41) is 3.85. The molecule has 114 valence electrons. The Labute approximate surface area is 139 Å². The first kappa shape index (κ1) is 16.4. The lowest BCUT2D eigenvalue weighted by Gasteiger charge is -2.04. The summed E-state index contributed by atoms with van der Waals surface area (Å²) in [6.07, 6.45) is 2.99. The summed E-state index contributed by atoms with van der Waals surface area (Å²) < 4.78 is 5.36. The average molecular weight is 336 g/mol. The van der Waals surface area contributed by atoms with Crippen molar-refractivity contribution in [3.63, 3.8) is 0 Å². The SMILES string of the molecule is CCOc1ccc(NC=CC(=O)c2ccc(Cl)cc2Cl)cc1. The number of hydrogen-bond acceptors (Lipinski definition) is 3. The zero-order chi connectivity index (χ0) is 15.9. The van der Waals surface area contributed by atoms with Crippen molar-refractivity contribution in [1.29, 1.82) is 0 Å². The van der Waals surface area contributed by atoms with Crippen molar-refractivity contribution in [3.8, 4) is 5.75 Å². The summed E-state index contributed by atoms with van der Waals surface area (Å²) in [6.45, 7) is 2.56. The van der Waals surface area contributed by atoms with E-state index >= 15 is 0 Å². The van der Waals surface area contributed by atoms with Crippen molar-refractivity contribution >= 4 is 34.7 Å². The van der Waals surface area contributed by atoms with Crippen molar-refractivity contribution in [2.75, 3.05) is 11.9 Å². The van der Waals surface area contributed by atoms with Gasteiger partial charge in [-0.3, -0.25) is 4.79 Å². The largest absolute Gasteiger partial charge is 0.494 e. The van der Waals surface area contributed by atoms with Crippen LogP contribution in [0.4, 0.5) is 5.69 Å². The van der Waals surface area contributed by atoms with Gasteiger partial charge in [0.25, 0.3) is 0 Å². The van der Waals surface area contributed by atoms with Gasteiger partial charge in [-0.15, -0.1) is 0 Å². The van der Waals surface area contributed by atoms with Crippen LogP contribution < -0.4 is 10.1 Å². The normalized spacial score (nSPS) is 10.7. The molecule has 0 aliphatic rings. The minimum absolute atomic E-state index is 0.194. The van der Waals surface area contributed by atoms with Gasteiger partial charge in [0, 0.05) is 28.5 Å². The first-order valence-corrected chi connectivity index (χ1v) is 7.51. The monoisotopic (exact) mass is 335 g/mol. The summed E-state index contributed by atoms with van der Waals surface area (Å²) in [5.74, 6) is 0.612. The molecule has 0 atom stereocenters. The van der Waals surface area contributed by atoms with E-state index in [0.717, 1.165) is 11.4 Å². The molecule has 0 fully saturated rings. The van der Waals surface area contributed by atoms with Crippen LogP contribution in [-0.2, 0) is 0 Å². The Morgan fingerprint density at radius 1 is 1.18 bits per heavy atom. The van der Waals surface area contributed by atoms with Gasteiger partial charge in [-0.1, -0.05) is 23.2 Å². The molecule has 0 amide bonds. The van der Waals surface area contributed by atoms with E-state index in [1.54, 1.807) is 24.4 Å². The van der Waals surface area contributed by atoms with E-state index in [0.29, 0.717) is 22.2 Å². The maximum Gasteiger partial charge on any atom is 0.188 e. The average Bonchev–Trinajstić information content (AvgIpc) is 2.49. The molecule has 5 heteroatoms. The minimum atomic E-state index is -0.194. The number of rotatable bonds is 6. The summed E-state index contributed by atoms with van der Waals surface area (Å²) in [4.78, 5) is 12.0. The van der Waals surface area contributed by atoms with Crippen molar-refractivity contribution in [3.05, 3.63) is 70.3 Å². The van der Waals surface area contributed by atoms with E-state index in [9.17, 15) is 4.79 Å². The topological polar surface area (TPSA) is 38.3 Å². The quantitative estimate of drug-likeness (QED) is 0.582. The number of nitrogens with one attached hydrogen (secondary N) is 1. The number of carbonyl (C=O) groups is 1. The van der Waals surface area contributed by atoms with E-state index in [4.69, 9.17) is 27.9 Å². The minimum Gasteiger partial charge on any atom is -0.494 e. The molecule has 0 aliphatic heterocycles. The summed E-state index contributed by atoms with van der Waals surface area (Å²) >= 11 is 11.8. The molecule has 0 saturated carbocycles. The molecule has 2 rings (SSSR count). The lowest BCUT2D eigenvalue weighted by atomic mass is 10.1. The Bertz CT molecular complexity index is 682. The summed E-state index contributed by atoms with van der Waals surface area (Å²) in [6, 6.07) is 12.2. The fourth-order valence-electron chi connectivity index (χ4n) is 1.81. The van der Waals surface area contributed by atoms with Crippen LogP contribution >= 0.6 is 23.2 Å². The summed E-state index contributed by atoms with van der Waals surface area (Å²) in [5.41, 5.74) is 1.27. The molecule has 2 aromatic rings. The second kappa shape index (κ2) is 7.87. The fraction of sp³-hybridized carbons (Fsp3) is 0.118. The van der Waals surface area contributed by atoms with Crippen LogP contribution in [0.5, 0.6) is 5.75 Å².